The van der Waals surface area contributed by atoms with Crippen molar-refractivity contribution in [1.29, 1.82) is 0 Å². The van der Waals surface area contributed by atoms with Crippen molar-refractivity contribution >= 4 is 21.4 Å². The van der Waals surface area contributed by atoms with Gasteiger partial charge in [0.25, 0.3) is 0 Å². The molecule has 1 atom stereocenters. The van der Waals surface area contributed by atoms with Crippen LogP contribution in [0.5, 0.6) is 0 Å². The predicted molar refractivity (Wildman–Crippen MR) is 70.5 cm³/mol. The van der Waals surface area contributed by atoms with Gasteiger partial charge in [-0.1, -0.05) is 18.2 Å². The summed E-state index contributed by atoms with van der Waals surface area (Å²) in [6.07, 6.45) is 3.08. The van der Waals surface area contributed by atoms with E-state index in [1.165, 1.54) is 15.6 Å². The molecule has 4 heteroatoms. The van der Waals surface area contributed by atoms with Gasteiger partial charge >= 0.3 is 0 Å². The number of hydrazine groups is 1. The van der Waals surface area contributed by atoms with E-state index in [4.69, 9.17) is 10.6 Å². The molecule has 2 heterocycles. The van der Waals surface area contributed by atoms with E-state index < -0.39 is 0 Å². The topological polar surface area (TPSA) is 47.3 Å². The molecule has 1 aromatic heterocycles. The third-order valence-corrected chi connectivity index (χ3v) is 3.99. The molecule has 0 aliphatic carbocycles. The lowest BCUT2D eigenvalue weighted by Crippen LogP contribution is -2.29. The number of nitrogens with one attached hydrogen (secondary N) is 1. The van der Waals surface area contributed by atoms with Crippen molar-refractivity contribution in [2.45, 2.75) is 12.5 Å². The fourth-order valence-corrected chi connectivity index (χ4v) is 3.17. The highest BCUT2D eigenvalue weighted by molar-refractivity contribution is 7.17. The van der Waals surface area contributed by atoms with Gasteiger partial charge in [-0.15, -0.1) is 11.3 Å². The summed E-state index contributed by atoms with van der Waals surface area (Å²) in [5.41, 5.74) is 4.05. The van der Waals surface area contributed by atoms with Crippen LogP contribution in [0.15, 0.2) is 41.5 Å². The smallest absolute Gasteiger partial charge is 0.115 e. The van der Waals surface area contributed by atoms with Crippen LogP contribution >= 0.6 is 11.3 Å². The molecule has 0 bridgehead atoms. The van der Waals surface area contributed by atoms with Crippen LogP contribution in [0.1, 0.15) is 18.0 Å². The average molecular weight is 246 g/mol. The molecule has 0 saturated heterocycles. The second kappa shape index (κ2) is 4.49. The number of benzene rings is 1. The van der Waals surface area contributed by atoms with Gasteiger partial charge < -0.3 is 4.74 Å². The third-order valence-electron chi connectivity index (χ3n) is 3.01. The number of fused-ring (bicyclic) bond motifs is 1. The maximum Gasteiger partial charge on any atom is 0.115 e. The lowest BCUT2D eigenvalue weighted by molar-refractivity contribution is 0.216. The van der Waals surface area contributed by atoms with Crippen molar-refractivity contribution in [3.8, 4) is 0 Å². The normalized spacial score (nSPS) is 16.9. The van der Waals surface area contributed by atoms with Crippen LogP contribution in [0.25, 0.3) is 10.1 Å². The Hall–Kier alpha value is -1.36. The number of nitrogens with two attached hydrogens (primary N) is 1. The molecule has 1 unspecified atom stereocenters. The third kappa shape index (κ3) is 1.84. The summed E-state index contributed by atoms with van der Waals surface area (Å²) in [6, 6.07) is 8.32. The highest BCUT2D eigenvalue weighted by Crippen LogP contribution is 2.34. The van der Waals surface area contributed by atoms with Gasteiger partial charge in [-0.2, -0.15) is 0 Å². The summed E-state index contributed by atoms with van der Waals surface area (Å²) < 4.78 is 6.88. The van der Waals surface area contributed by atoms with Crippen molar-refractivity contribution in [1.82, 2.24) is 5.43 Å². The Balaban J connectivity index is 2.06. The first-order valence-electron chi connectivity index (χ1n) is 5.65. The van der Waals surface area contributed by atoms with Crippen LogP contribution in [-0.2, 0) is 4.74 Å². The molecule has 17 heavy (non-hydrogen) atoms. The standard InChI is InChI=1S/C13H14N2OS/c14-15-13(11-5-3-7-16-11)10-8-17-12-6-2-1-4-9(10)12/h1-2,4-6,8,13,15H,3,7,14H2. The van der Waals surface area contributed by atoms with E-state index >= 15 is 0 Å². The summed E-state index contributed by atoms with van der Waals surface area (Å²) in [5, 5.41) is 3.40. The Kier molecular flexibility index (Phi) is 2.84. The van der Waals surface area contributed by atoms with Gasteiger partial charge in [0, 0.05) is 11.1 Å². The summed E-state index contributed by atoms with van der Waals surface area (Å²) >= 11 is 1.74. The van der Waals surface area contributed by atoms with Crippen LogP contribution in [0.4, 0.5) is 0 Å². The minimum Gasteiger partial charge on any atom is -0.496 e. The monoisotopic (exact) mass is 246 g/mol. The second-order valence-electron chi connectivity index (χ2n) is 4.03. The van der Waals surface area contributed by atoms with Gasteiger partial charge in [0.2, 0.25) is 0 Å². The van der Waals surface area contributed by atoms with E-state index in [2.05, 4.69) is 41.1 Å². The lowest BCUT2D eigenvalue weighted by Gasteiger charge is -2.16. The van der Waals surface area contributed by atoms with Crippen LogP contribution in [-0.4, -0.2) is 6.61 Å². The molecule has 0 radical (unpaired) electrons. The van der Waals surface area contributed by atoms with Crippen molar-refractivity contribution < 1.29 is 4.74 Å². The zero-order valence-electron chi connectivity index (χ0n) is 9.35. The Morgan fingerprint density at radius 2 is 2.24 bits per heavy atom. The minimum atomic E-state index is -0.0337. The van der Waals surface area contributed by atoms with Crippen molar-refractivity contribution in [3.63, 3.8) is 0 Å². The highest BCUT2D eigenvalue weighted by atomic mass is 32.1. The first-order valence-corrected chi connectivity index (χ1v) is 6.53. The molecule has 0 amide bonds. The molecule has 0 spiro atoms. The fraction of sp³-hybridized carbons (Fsp3) is 0.231. The van der Waals surface area contributed by atoms with Gasteiger partial charge in [-0.3, -0.25) is 5.84 Å². The van der Waals surface area contributed by atoms with Crippen LogP contribution in [0.3, 0.4) is 0 Å². The summed E-state index contributed by atoms with van der Waals surface area (Å²) in [5.74, 6) is 6.61. The maximum atomic E-state index is 5.67. The molecule has 3 N–H and O–H groups in total. The number of hydrogen-bond donors (Lipinski definition) is 2. The van der Waals surface area contributed by atoms with Crippen molar-refractivity contribution in [2.24, 2.45) is 5.84 Å². The quantitative estimate of drug-likeness (QED) is 0.646. The van der Waals surface area contributed by atoms with Gasteiger partial charge in [0.05, 0.1) is 6.61 Å². The first kappa shape index (κ1) is 10.8. The Labute approximate surface area is 104 Å². The van der Waals surface area contributed by atoms with E-state index in [1.54, 1.807) is 11.3 Å². The summed E-state index contributed by atoms with van der Waals surface area (Å²) in [6.45, 7) is 0.760. The van der Waals surface area contributed by atoms with E-state index in [0.29, 0.717) is 0 Å². The predicted octanol–water partition coefficient (Wildman–Crippen LogP) is 2.71. The van der Waals surface area contributed by atoms with E-state index in [0.717, 1.165) is 18.8 Å². The second-order valence-corrected chi connectivity index (χ2v) is 4.94. The molecule has 0 fully saturated rings. The number of thiophene rings is 1. The molecule has 88 valence electrons. The zero-order chi connectivity index (χ0) is 11.7. The van der Waals surface area contributed by atoms with Crippen molar-refractivity contribution in [3.05, 3.63) is 47.0 Å². The highest BCUT2D eigenvalue weighted by Gasteiger charge is 2.22. The van der Waals surface area contributed by atoms with Crippen LogP contribution in [0, 0.1) is 0 Å². The summed E-state index contributed by atoms with van der Waals surface area (Å²) in [4.78, 5) is 0. The molecular formula is C13H14N2OS. The molecule has 1 aromatic carbocycles. The Morgan fingerprint density at radius 3 is 3.00 bits per heavy atom. The number of rotatable bonds is 3. The van der Waals surface area contributed by atoms with Crippen molar-refractivity contribution in [2.75, 3.05) is 6.61 Å². The van der Waals surface area contributed by atoms with Crippen LogP contribution in [0.2, 0.25) is 0 Å². The molecular weight excluding hydrogens is 232 g/mol. The fourth-order valence-electron chi connectivity index (χ4n) is 2.19. The largest absolute Gasteiger partial charge is 0.496 e. The molecule has 0 saturated carbocycles. The van der Waals surface area contributed by atoms with E-state index in [9.17, 15) is 0 Å². The Morgan fingerprint density at radius 1 is 1.35 bits per heavy atom. The molecule has 1 aliphatic rings. The first-order chi connectivity index (χ1) is 8.40. The molecule has 3 rings (SSSR count). The van der Waals surface area contributed by atoms with E-state index in [1.807, 2.05) is 0 Å². The van der Waals surface area contributed by atoms with Gasteiger partial charge in [0.15, 0.2) is 0 Å². The SMILES string of the molecule is NNC(C1=CCCO1)c1csc2ccccc12. The molecule has 1 aliphatic heterocycles. The maximum absolute atomic E-state index is 5.67. The lowest BCUT2D eigenvalue weighted by atomic mass is 10.0. The average Bonchev–Trinajstić information content (AvgIpc) is 3.01. The molecule has 3 nitrogen and oxygen atoms in total. The van der Waals surface area contributed by atoms with Crippen LogP contribution < -0.4 is 11.3 Å². The summed E-state index contributed by atoms with van der Waals surface area (Å²) in [7, 11) is 0. The number of ether oxygens (including phenoxy) is 1. The van der Waals surface area contributed by atoms with Gasteiger partial charge in [-0.25, -0.2) is 5.43 Å². The number of hydrogen-bond acceptors (Lipinski definition) is 4. The van der Waals surface area contributed by atoms with E-state index in [-0.39, 0.29) is 6.04 Å². The minimum absolute atomic E-state index is 0.0337. The molecule has 2 aromatic rings. The zero-order valence-corrected chi connectivity index (χ0v) is 10.2. The Bertz CT molecular complexity index is 561. The van der Waals surface area contributed by atoms with Gasteiger partial charge in [0.1, 0.15) is 11.8 Å². The van der Waals surface area contributed by atoms with Gasteiger partial charge in [-0.05, 0) is 28.5 Å².